The van der Waals surface area contributed by atoms with Gasteiger partial charge in [-0.3, -0.25) is 0 Å². The van der Waals surface area contributed by atoms with Crippen molar-refractivity contribution in [2.24, 2.45) is 0 Å². The first kappa shape index (κ1) is 15.4. The molecule has 0 spiro atoms. The fourth-order valence-corrected chi connectivity index (χ4v) is 1.99. The van der Waals surface area contributed by atoms with Crippen LogP contribution in [0.25, 0.3) is 0 Å². The van der Waals surface area contributed by atoms with Gasteiger partial charge in [0.15, 0.2) is 0 Å². The van der Waals surface area contributed by atoms with Gasteiger partial charge in [-0.2, -0.15) is 0 Å². The summed E-state index contributed by atoms with van der Waals surface area (Å²) in [5, 5.41) is 3.15. The smallest absolute Gasteiger partial charge is 0.406 e. The normalized spacial score (nSPS) is 13.2. The monoisotopic (exact) mass is 298 g/mol. The predicted octanol–water partition coefficient (Wildman–Crippen LogP) is 3.72. The molecule has 1 unspecified atom stereocenters. The summed E-state index contributed by atoms with van der Waals surface area (Å²) in [5.74, 6) is -0.205. The van der Waals surface area contributed by atoms with Crippen molar-refractivity contribution < 1.29 is 17.9 Å². The zero-order valence-electron chi connectivity index (χ0n) is 11.8. The number of halogens is 3. The van der Waals surface area contributed by atoms with Crippen molar-refractivity contribution in [1.82, 2.24) is 9.88 Å². The maximum atomic E-state index is 12.1. The Morgan fingerprint density at radius 2 is 1.86 bits per heavy atom. The SMILES string of the molecule is CNC(C)c1ccn(Cc2ccc(OC(F)(F)F)cc2)c1. The fourth-order valence-electron chi connectivity index (χ4n) is 1.99. The summed E-state index contributed by atoms with van der Waals surface area (Å²) in [5.41, 5.74) is 2.07. The molecular formula is C15H17F3N2O. The molecule has 0 fully saturated rings. The molecule has 0 aliphatic carbocycles. The molecule has 0 aliphatic rings. The first-order valence-corrected chi connectivity index (χ1v) is 6.55. The second-order valence-corrected chi connectivity index (χ2v) is 4.82. The zero-order chi connectivity index (χ0) is 15.5. The molecule has 3 nitrogen and oxygen atoms in total. The van der Waals surface area contributed by atoms with E-state index >= 15 is 0 Å². The van der Waals surface area contributed by atoms with E-state index < -0.39 is 6.36 Å². The van der Waals surface area contributed by atoms with Crippen LogP contribution >= 0.6 is 0 Å². The van der Waals surface area contributed by atoms with E-state index in [1.165, 1.54) is 12.1 Å². The van der Waals surface area contributed by atoms with Crippen LogP contribution in [-0.2, 0) is 6.54 Å². The molecule has 1 N–H and O–H groups in total. The molecule has 1 aromatic carbocycles. The summed E-state index contributed by atoms with van der Waals surface area (Å²) in [4.78, 5) is 0. The highest BCUT2D eigenvalue weighted by Crippen LogP contribution is 2.23. The topological polar surface area (TPSA) is 26.2 Å². The molecule has 6 heteroatoms. The van der Waals surface area contributed by atoms with Gasteiger partial charge in [-0.05, 0) is 43.3 Å². The zero-order valence-corrected chi connectivity index (χ0v) is 11.8. The molecule has 0 amide bonds. The Labute approximate surface area is 121 Å². The number of alkyl halides is 3. The number of ether oxygens (including phenoxy) is 1. The number of hydrogen-bond acceptors (Lipinski definition) is 2. The van der Waals surface area contributed by atoms with Gasteiger partial charge in [-0.1, -0.05) is 12.1 Å². The van der Waals surface area contributed by atoms with E-state index in [4.69, 9.17) is 0 Å². The van der Waals surface area contributed by atoms with E-state index in [1.807, 2.05) is 30.1 Å². The van der Waals surface area contributed by atoms with Crippen LogP contribution in [0.3, 0.4) is 0 Å². The Morgan fingerprint density at radius 1 is 1.19 bits per heavy atom. The van der Waals surface area contributed by atoms with Gasteiger partial charge in [0.25, 0.3) is 0 Å². The average molecular weight is 298 g/mol. The number of rotatable bonds is 5. The quantitative estimate of drug-likeness (QED) is 0.910. The third kappa shape index (κ3) is 4.53. The van der Waals surface area contributed by atoms with Gasteiger partial charge in [-0.15, -0.1) is 13.2 Å². The molecule has 1 atom stereocenters. The van der Waals surface area contributed by atoms with Gasteiger partial charge in [0.1, 0.15) is 5.75 Å². The van der Waals surface area contributed by atoms with Gasteiger partial charge < -0.3 is 14.6 Å². The lowest BCUT2D eigenvalue weighted by Gasteiger charge is -2.10. The van der Waals surface area contributed by atoms with E-state index in [-0.39, 0.29) is 11.8 Å². The minimum absolute atomic E-state index is 0.205. The predicted molar refractivity (Wildman–Crippen MR) is 74.1 cm³/mol. The van der Waals surface area contributed by atoms with E-state index in [1.54, 1.807) is 12.1 Å². The highest BCUT2D eigenvalue weighted by atomic mass is 19.4. The highest BCUT2D eigenvalue weighted by Gasteiger charge is 2.30. The largest absolute Gasteiger partial charge is 0.573 e. The fraction of sp³-hybridized carbons (Fsp3) is 0.333. The summed E-state index contributed by atoms with van der Waals surface area (Å²) in [7, 11) is 1.89. The number of nitrogens with one attached hydrogen (secondary N) is 1. The first-order valence-electron chi connectivity index (χ1n) is 6.55. The third-order valence-corrected chi connectivity index (χ3v) is 3.23. The third-order valence-electron chi connectivity index (χ3n) is 3.23. The van der Waals surface area contributed by atoms with Crippen LogP contribution in [0.5, 0.6) is 5.75 Å². The van der Waals surface area contributed by atoms with Gasteiger partial charge in [-0.25, -0.2) is 0 Å². The molecule has 0 radical (unpaired) electrons. The molecule has 0 bridgehead atoms. The second kappa shape index (κ2) is 6.22. The Kier molecular flexibility index (Phi) is 4.57. The summed E-state index contributed by atoms with van der Waals surface area (Å²) < 4.78 is 42.0. The minimum Gasteiger partial charge on any atom is -0.406 e. The van der Waals surface area contributed by atoms with Crippen LogP contribution in [-0.4, -0.2) is 18.0 Å². The van der Waals surface area contributed by atoms with E-state index in [0.29, 0.717) is 6.54 Å². The summed E-state index contributed by atoms with van der Waals surface area (Å²) in [6, 6.07) is 8.17. The standard InChI is InChI=1S/C15H17F3N2O/c1-11(19-2)13-7-8-20(10-13)9-12-3-5-14(6-4-12)21-15(16,17)18/h3-8,10-11,19H,9H2,1-2H3. The van der Waals surface area contributed by atoms with Crippen molar-refractivity contribution in [2.45, 2.75) is 25.9 Å². The number of aromatic nitrogens is 1. The molecule has 0 aliphatic heterocycles. The van der Waals surface area contributed by atoms with Crippen molar-refractivity contribution in [2.75, 3.05) is 7.05 Å². The van der Waals surface area contributed by atoms with E-state index in [0.717, 1.165) is 11.1 Å². The lowest BCUT2D eigenvalue weighted by atomic mass is 10.2. The lowest BCUT2D eigenvalue weighted by molar-refractivity contribution is -0.274. The van der Waals surface area contributed by atoms with Crippen molar-refractivity contribution in [3.05, 3.63) is 53.9 Å². The highest BCUT2D eigenvalue weighted by molar-refractivity contribution is 5.28. The van der Waals surface area contributed by atoms with Crippen LogP contribution in [0.1, 0.15) is 24.1 Å². The van der Waals surface area contributed by atoms with Gasteiger partial charge >= 0.3 is 6.36 Å². The van der Waals surface area contributed by atoms with E-state index in [9.17, 15) is 13.2 Å². The number of nitrogens with zero attached hydrogens (tertiary/aromatic N) is 1. The van der Waals surface area contributed by atoms with Gasteiger partial charge in [0.2, 0.25) is 0 Å². The Morgan fingerprint density at radius 3 is 2.43 bits per heavy atom. The molecule has 0 saturated carbocycles. The Balaban J connectivity index is 2.01. The molecule has 21 heavy (non-hydrogen) atoms. The summed E-state index contributed by atoms with van der Waals surface area (Å²) in [6.07, 6.45) is -0.690. The minimum atomic E-state index is -4.65. The molecule has 0 saturated heterocycles. The number of benzene rings is 1. The van der Waals surface area contributed by atoms with Crippen molar-refractivity contribution in [3.8, 4) is 5.75 Å². The molecular weight excluding hydrogens is 281 g/mol. The van der Waals surface area contributed by atoms with Gasteiger partial charge in [0, 0.05) is 25.0 Å². The van der Waals surface area contributed by atoms with Crippen LogP contribution in [0, 0.1) is 0 Å². The van der Waals surface area contributed by atoms with Crippen LogP contribution < -0.4 is 10.1 Å². The summed E-state index contributed by atoms with van der Waals surface area (Å²) in [6.45, 7) is 2.66. The van der Waals surface area contributed by atoms with Gasteiger partial charge in [0.05, 0.1) is 0 Å². The second-order valence-electron chi connectivity index (χ2n) is 4.82. The molecule has 2 aromatic rings. The lowest BCUT2D eigenvalue weighted by Crippen LogP contribution is -2.17. The van der Waals surface area contributed by atoms with Crippen molar-refractivity contribution in [3.63, 3.8) is 0 Å². The first-order chi connectivity index (χ1) is 9.87. The van der Waals surface area contributed by atoms with Crippen LogP contribution in [0.2, 0.25) is 0 Å². The maximum Gasteiger partial charge on any atom is 0.573 e. The van der Waals surface area contributed by atoms with Crippen LogP contribution in [0.4, 0.5) is 13.2 Å². The maximum absolute atomic E-state index is 12.1. The molecule has 2 rings (SSSR count). The Bertz CT molecular complexity index is 575. The molecule has 114 valence electrons. The summed E-state index contributed by atoms with van der Waals surface area (Å²) >= 11 is 0. The average Bonchev–Trinajstić information content (AvgIpc) is 2.87. The van der Waals surface area contributed by atoms with E-state index in [2.05, 4.69) is 17.0 Å². The number of hydrogen-bond donors (Lipinski definition) is 1. The molecule has 1 aromatic heterocycles. The van der Waals surface area contributed by atoms with Crippen molar-refractivity contribution >= 4 is 0 Å². The van der Waals surface area contributed by atoms with Crippen LogP contribution in [0.15, 0.2) is 42.7 Å². The molecule has 1 heterocycles. The Hall–Kier alpha value is -1.95. The van der Waals surface area contributed by atoms with Crippen molar-refractivity contribution in [1.29, 1.82) is 0 Å².